The van der Waals surface area contributed by atoms with Crippen LogP contribution in [0.15, 0.2) is 18.5 Å². The van der Waals surface area contributed by atoms with E-state index in [4.69, 9.17) is 4.98 Å². The van der Waals surface area contributed by atoms with Gasteiger partial charge in [-0.2, -0.15) is 10.4 Å². The van der Waals surface area contributed by atoms with Crippen LogP contribution >= 0.6 is 0 Å². The quantitative estimate of drug-likeness (QED) is 0.670. The number of hydrogen-bond donors (Lipinski definition) is 1. The molecule has 3 heterocycles. The number of rotatable bonds is 6. The number of aliphatic hydroxyl groups is 1. The first-order valence-corrected chi connectivity index (χ1v) is 13.8. The van der Waals surface area contributed by atoms with Gasteiger partial charge in [-0.05, 0) is 69.8 Å². The van der Waals surface area contributed by atoms with Crippen LogP contribution < -0.4 is 4.90 Å². The summed E-state index contributed by atoms with van der Waals surface area (Å²) in [6.07, 6.45) is 13.0. The summed E-state index contributed by atoms with van der Waals surface area (Å²) < 4.78 is 1.98. The van der Waals surface area contributed by atoms with Crippen LogP contribution in [-0.4, -0.2) is 62.5 Å². The molecule has 2 aromatic heterocycles. The van der Waals surface area contributed by atoms with Gasteiger partial charge in [-0.3, -0.25) is 9.48 Å². The molecular weight excluding hydrogens is 452 g/mol. The molecule has 3 atom stereocenters. The van der Waals surface area contributed by atoms with E-state index in [2.05, 4.69) is 27.2 Å². The first kappa shape index (κ1) is 22.3. The highest BCUT2D eigenvalue weighted by molar-refractivity contribution is 5.82. The van der Waals surface area contributed by atoms with Gasteiger partial charge in [-0.15, -0.1) is 0 Å². The van der Waals surface area contributed by atoms with Crippen molar-refractivity contribution in [3.05, 3.63) is 29.7 Å². The zero-order valence-corrected chi connectivity index (χ0v) is 20.7. The molecule has 1 amide bonds. The van der Waals surface area contributed by atoms with Crippen molar-refractivity contribution in [3.63, 3.8) is 0 Å². The molecular formula is C28H34N6O2. The smallest absolute Gasteiger partial charge is 0.226 e. The average molecular weight is 487 g/mol. The highest BCUT2D eigenvalue weighted by Crippen LogP contribution is 2.46. The number of aromatic nitrogens is 3. The zero-order valence-electron chi connectivity index (χ0n) is 20.7. The average Bonchev–Trinajstić information content (AvgIpc) is 3.78. The number of hydrogen-bond acceptors (Lipinski definition) is 6. The van der Waals surface area contributed by atoms with E-state index in [0.717, 1.165) is 87.2 Å². The molecule has 5 aliphatic rings. The second kappa shape index (κ2) is 8.58. The number of carbonyl (C=O) groups excluding carboxylic acids is 1. The second-order valence-electron chi connectivity index (χ2n) is 11.7. The summed E-state index contributed by atoms with van der Waals surface area (Å²) in [7, 11) is 0. The van der Waals surface area contributed by atoms with Gasteiger partial charge >= 0.3 is 0 Å². The monoisotopic (exact) mass is 486 g/mol. The van der Waals surface area contributed by atoms with Crippen LogP contribution in [0.5, 0.6) is 0 Å². The lowest BCUT2D eigenvalue weighted by Crippen LogP contribution is -2.57. The lowest BCUT2D eigenvalue weighted by Gasteiger charge is -2.43. The highest BCUT2D eigenvalue weighted by atomic mass is 16.3. The molecule has 0 aromatic carbocycles. The molecule has 0 radical (unpaired) electrons. The SMILES string of the molecule is N#Cc1cc(-c2cnn(C3CCC(O)C3)c2)c(C2CC2)nc1N1CCN(C(=O)C2CC2)[C@H](C2CC2)C1. The number of nitriles is 1. The molecule has 1 N–H and O–H groups in total. The summed E-state index contributed by atoms with van der Waals surface area (Å²) in [5.74, 6) is 2.41. The number of anilines is 1. The number of carbonyl (C=O) groups is 1. The fourth-order valence-electron chi connectivity index (χ4n) is 6.32. The molecule has 0 spiro atoms. The van der Waals surface area contributed by atoms with Crippen LogP contribution in [-0.2, 0) is 4.79 Å². The molecule has 7 rings (SSSR count). The molecule has 0 bridgehead atoms. The Labute approximate surface area is 211 Å². The molecule has 1 aliphatic heterocycles. The third-order valence-electron chi connectivity index (χ3n) is 8.87. The molecule has 8 nitrogen and oxygen atoms in total. The van der Waals surface area contributed by atoms with Crippen molar-refractivity contribution < 1.29 is 9.90 Å². The second-order valence-corrected chi connectivity index (χ2v) is 11.7. The number of nitrogens with zero attached hydrogens (tertiary/aromatic N) is 6. The van der Waals surface area contributed by atoms with Gasteiger partial charge in [-0.25, -0.2) is 4.98 Å². The Balaban J connectivity index is 1.19. The summed E-state index contributed by atoms with van der Waals surface area (Å²) >= 11 is 0. The van der Waals surface area contributed by atoms with Gasteiger partial charge < -0.3 is 14.9 Å². The molecule has 5 fully saturated rings. The summed E-state index contributed by atoms with van der Waals surface area (Å²) in [4.78, 5) is 22.6. The number of piperazine rings is 1. The van der Waals surface area contributed by atoms with Crippen molar-refractivity contribution in [1.82, 2.24) is 19.7 Å². The summed E-state index contributed by atoms with van der Waals surface area (Å²) in [6.45, 7) is 2.23. The minimum absolute atomic E-state index is 0.231. The van der Waals surface area contributed by atoms with Gasteiger partial charge in [0.2, 0.25) is 5.91 Å². The minimum atomic E-state index is -0.240. The van der Waals surface area contributed by atoms with E-state index in [1.807, 2.05) is 16.9 Å². The molecule has 188 valence electrons. The van der Waals surface area contributed by atoms with Gasteiger partial charge in [0.25, 0.3) is 0 Å². The Bertz CT molecular complexity index is 1220. The van der Waals surface area contributed by atoms with Crippen molar-refractivity contribution in [2.45, 2.75) is 81.9 Å². The van der Waals surface area contributed by atoms with E-state index in [1.54, 1.807) is 0 Å². The molecule has 4 aliphatic carbocycles. The van der Waals surface area contributed by atoms with Crippen LogP contribution in [0.25, 0.3) is 11.1 Å². The fraction of sp³-hybridized carbons (Fsp3) is 0.643. The van der Waals surface area contributed by atoms with E-state index in [1.165, 1.54) is 12.8 Å². The van der Waals surface area contributed by atoms with Crippen molar-refractivity contribution in [2.75, 3.05) is 24.5 Å². The maximum Gasteiger partial charge on any atom is 0.226 e. The molecule has 8 heteroatoms. The van der Waals surface area contributed by atoms with Crippen molar-refractivity contribution in [2.24, 2.45) is 11.8 Å². The molecule has 36 heavy (non-hydrogen) atoms. The Kier molecular flexibility index (Phi) is 5.32. The van der Waals surface area contributed by atoms with Crippen LogP contribution in [0.2, 0.25) is 0 Å². The maximum atomic E-state index is 13.0. The standard InChI is InChI=1S/C28H34N6O2/c29-13-20-11-24(21-14-30-34(15-21)22-7-8-23(35)12-22)26(18-3-4-18)31-27(20)32-9-10-33(28(36)19-5-6-19)25(16-32)17-1-2-17/h11,14-15,17-19,22-23,25,35H,1-10,12,16H2/t22?,23?,25-/m0/s1. The number of amides is 1. The first-order chi connectivity index (χ1) is 17.6. The zero-order chi connectivity index (χ0) is 24.4. The van der Waals surface area contributed by atoms with Gasteiger partial charge in [0, 0.05) is 48.8 Å². The van der Waals surface area contributed by atoms with Crippen LogP contribution in [0, 0.1) is 23.2 Å². The van der Waals surface area contributed by atoms with Crippen molar-refractivity contribution in [3.8, 4) is 17.2 Å². The Morgan fingerprint density at radius 1 is 1.08 bits per heavy atom. The van der Waals surface area contributed by atoms with Gasteiger partial charge in [-0.1, -0.05) is 0 Å². The van der Waals surface area contributed by atoms with Gasteiger partial charge in [0.1, 0.15) is 11.9 Å². The normalized spacial score (nSPS) is 28.4. The predicted molar refractivity (Wildman–Crippen MR) is 134 cm³/mol. The van der Waals surface area contributed by atoms with Crippen LogP contribution in [0.1, 0.15) is 81.0 Å². The maximum absolute atomic E-state index is 13.0. The summed E-state index contributed by atoms with van der Waals surface area (Å²) in [5, 5.41) is 24.7. The molecule has 1 saturated heterocycles. The van der Waals surface area contributed by atoms with Gasteiger partial charge in [0.15, 0.2) is 0 Å². The first-order valence-electron chi connectivity index (χ1n) is 13.8. The van der Waals surface area contributed by atoms with E-state index in [9.17, 15) is 15.2 Å². The number of pyridine rings is 1. The summed E-state index contributed by atoms with van der Waals surface area (Å²) in [5.41, 5.74) is 3.71. The Morgan fingerprint density at radius 2 is 1.92 bits per heavy atom. The van der Waals surface area contributed by atoms with E-state index in [-0.39, 0.29) is 24.1 Å². The molecule has 2 unspecified atom stereocenters. The van der Waals surface area contributed by atoms with E-state index < -0.39 is 0 Å². The molecule has 4 saturated carbocycles. The largest absolute Gasteiger partial charge is 0.393 e. The number of aliphatic hydroxyl groups excluding tert-OH is 1. The fourth-order valence-corrected chi connectivity index (χ4v) is 6.32. The highest BCUT2D eigenvalue weighted by Gasteiger charge is 2.45. The third kappa shape index (κ3) is 4.07. The van der Waals surface area contributed by atoms with Gasteiger partial charge in [0.05, 0.1) is 35.6 Å². The lowest BCUT2D eigenvalue weighted by molar-refractivity contribution is -0.135. The summed E-state index contributed by atoms with van der Waals surface area (Å²) in [6, 6.07) is 4.93. The minimum Gasteiger partial charge on any atom is -0.393 e. The van der Waals surface area contributed by atoms with E-state index in [0.29, 0.717) is 23.3 Å². The lowest BCUT2D eigenvalue weighted by atomic mass is 10.0. The topological polar surface area (TPSA) is 98.3 Å². The van der Waals surface area contributed by atoms with Crippen molar-refractivity contribution >= 4 is 11.7 Å². The third-order valence-corrected chi connectivity index (χ3v) is 8.87. The van der Waals surface area contributed by atoms with E-state index >= 15 is 0 Å². The Morgan fingerprint density at radius 3 is 2.58 bits per heavy atom. The van der Waals surface area contributed by atoms with Crippen molar-refractivity contribution in [1.29, 1.82) is 5.26 Å². The molecule has 2 aromatic rings. The predicted octanol–water partition coefficient (Wildman–Crippen LogP) is 3.62. The van der Waals surface area contributed by atoms with Crippen LogP contribution in [0.4, 0.5) is 5.82 Å². The van der Waals surface area contributed by atoms with Crippen LogP contribution in [0.3, 0.4) is 0 Å². The Hall–Kier alpha value is -2.92.